The third-order valence-electron chi connectivity index (χ3n) is 4.15. The molecule has 0 heterocycles. The summed E-state index contributed by atoms with van der Waals surface area (Å²) in [4.78, 5) is 12.3. The molecule has 90 valence electrons. The highest BCUT2D eigenvalue weighted by Crippen LogP contribution is 2.58. The molecule has 2 atom stereocenters. The summed E-state index contributed by atoms with van der Waals surface area (Å²) >= 11 is 6.04. The lowest BCUT2D eigenvalue weighted by Crippen LogP contribution is -2.06. The summed E-state index contributed by atoms with van der Waals surface area (Å²) in [6.45, 7) is 0. The highest BCUT2D eigenvalue weighted by Gasteiger charge is 2.56. The fourth-order valence-electron chi connectivity index (χ4n) is 3.22. The maximum atomic E-state index is 12.3. The number of benzene rings is 1. The van der Waals surface area contributed by atoms with E-state index in [2.05, 4.69) is 0 Å². The molecular formula is C14H15ClO2. The summed E-state index contributed by atoms with van der Waals surface area (Å²) in [5, 5.41) is 0.518. The van der Waals surface area contributed by atoms with Crippen molar-refractivity contribution in [1.82, 2.24) is 0 Å². The van der Waals surface area contributed by atoms with Crippen LogP contribution in [0.4, 0.5) is 0 Å². The first-order valence-corrected chi connectivity index (χ1v) is 6.48. The fraction of sp³-hybridized carbons (Fsp3) is 0.500. The van der Waals surface area contributed by atoms with Crippen molar-refractivity contribution in [1.29, 1.82) is 0 Å². The molecule has 0 radical (unpaired) electrons. The Labute approximate surface area is 106 Å². The Morgan fingerprint density at radius 3 is 2.65 bits per heavy atom. The van der Waals surface area contributed by atoms with E-state index in [0.717, 1.165) is 5.56 Å². The third kappa shape index (κ3) is 1.75. The number of ether oxygens (including phenoxy) is 1. The number of rotatable bonds is 3. The van der Waals surface area contributed by atoms with E-state index >= 15 is 0 Å². The van der Waals surface area contributed by atoms with E-state index in [9.17, 15) is 4.79 Å². The predicted molar refractivity (Wildman–Crippen MR) is 66.7 cm³/mol. The number of hydrogen-bond acceptors (Lipinski definition) is 2. The first kappa shape index (κ1) is 11.1. The van der Waals surface area contributed by atoms with Gasteiger partial charge in [-0.25, -0.2) is 0 Å². The van der Waals surface area contributed by atoms with Crippen LogP contribution < -0.4 is 4.74 Å². The predicted octanol–water partition coefficient (Wildman–Crippen LogP) is 3.58. The summed E-state index contributed by atoms with van der Waals surface area (Å²) in [5.41, 5.74) is 0.732. The quantitative estimate of drug-likeness (QED) is 0.767. The van der Waals surface area contributed by atoms with Crippen molar-refractivity contribution < 1.29 is 9.53 Å². The molecule has 2 aliphatic carbocycles. The molecule has 2 aliphatic rings. The first-order valence-electron chi connectivity index (χ1n) is 6.10. The minimum atomic E-state index is 0.268. The highest BCUT2D eigenvalue weighted by atomic mass is 35.5. The molecule has 0 bridgehead atoms. The van der Waals surface area contributed by atoms with Crippen LogP contribution in [0, 0.1) is 17.8 Å². The second-order valence-corrected chi connectivity index (χ2v) is 5.41. The number of fused-ring (bicyclic) bond motifs is 1. The number of ketones is 1. The monoisotopic (exact) mass is 250 g/mol. The molecule has 0 spiro atoms. The second kappa shape index (κ2) is 4.02. The Morgan fingerprint density at radius 2 is 2.06 bits per heavy atom. The first-order chi connectivity index (χ1) is 8.22. The molecule has 0 aliphatic heterocycles. The van der Waals surface area contributed by atoms with Crippen LogP contribution in [-0.2, 0) is 0 Å². The molecule has 1 aromatic rings. The number of halogens is 1. The van der Waals surface area contributed by atoms with E-state index in [0.29, 0.717) is 22.6 Å². The van der Waals surface area contributed by atoms with Gasteiger partial charge in [0, 0.05) is 11.5 Å². The van der Waals surface area contributed by atoms with Crippen LogP contribution in [0.25, 0.3) is 0 Å². The SMILES string of the molecule is COc1ccc(C(=O)C2C3CCCC32)cc1Cl. The number of Topliss-reactive ketones (excluding diaryl/α,β-unsaturated/α-hetero) is 1. The molecule has 2 nitrogen and oxygen atoms in total. The summed E-state index contributed by atoms with van der Waals surface area (Å²) in [6, 6.07) is 5.32. The van der Waals surface area contributed by atoms with Crippen LogP contribution >= 0.6 is 11.6 Å². The van der Waals surface area contributed by atoms with Crippen molar-refractivity contribution in [3.63, 3.8) is 0 Å². The van der Waals surface area contributed by atoms with Gasteiger partial charge in [0.05, 0.1) is 12.1 Å². The van der Waals surface area contributed by atoms with Gasteiger partial charge in [0.25, 0.3) is 0 Å². The molecule has 3 heteroatoms. The highest BCUT2D eigenvalue weighted by molar-refractivity contribution is 6.32. The van der Waals surface area contributed by atoms with Crippen molar-refractivity contribution in [2.75, 3.05) is 7.11 Å². The molecule has 0 aromatic heterocycles. The summed E-state index contributed by atoms with van der Waals surface area (Å²) in [5.74, 6) is 2.48. The molecule has 3 rings (SSSR count). The number of carbonyl (C=O) groups is 1. The van der Waals surface area contributed by atoms with Gasteiger partial charge in [0.15, 0.2) is 5.78 Å². The topological polar surface area (TPSA) is 26.3 Å². The molecule has 17 heavy (non-hydrogen) atoms. The zero-order chi connectivity index (χ0) is 12.0. The van der Waals surface area contributed by atoms with E-state index in [4.69, 9.17) is 16.3 Å². The second-order valence-electron chi connectivity index (χ2n) is 5.00. The molecule has 2 fully saturated rings. The average Bonchev–Trinajstić information content (AvgIpc) is 2.81. The van der Waals surface area contributed by atoms with Crippen molar-refractivity contribution >= 4 is 17.4 Å². The maximum absolute atomic E-state index is 12.3. The lowest BCUT2D eigenvalue weighted by molar-refractivity contribution is 0.0951. The molecule has 1 aromatic carbocycles. The number of carbonyl (C=O) groups excluding carboxylic acids is 1. The van der Waals surface area contributed by atoms with Crippen LogP contribution in [0.5, 0.6) is 5.75 Å². The van der Waals surface area contributed by atoms with Gasteiger partial charge in [-0.05, 0) is 42.9 Å². The van der Waals surface area contributed by atoms with Gasteiger partial charge < -0.3 is 4.74 Å². The smallest absolute Gasteiger partial charge is 0.166 e. The standard InChI is InChI=1S/C14H15ClO2/c1-17-12-6-5-8(7-11(12)15)14(16)13-9-3-2-4-10(9)13/h5-7,9-10,13H,2-4H2,1H3. The minimum absolute atomic E-state index is 0.268. The lowest BCUT2D eigenvalue weighted by atomic mass is 10.0. The van der Waals surface area contributed by atoms with Crippen LogP contribution in [0.3, 0.4) is 0 Å². The van der Waals surface area contributed by atoms with Gasteiger partial charge >= 0.3 is 0 Å². The van der Waals surface area contributed by atoms with Crippen LogP contribution in [-0.4, -0.2) is 12.9 Å². The third-order valence-corrected chi connectivity index (χ3v) is 4.44. The van der Waals surface area contributed by atoms with Gasteiger partial charge in [0.1, 0.15) is 5.75 Å². The molecular weight excluding hydrogens is 236 g/mol. The zero-order valence-corrected chi connectivity index (χ0v) is 10.5. The normalized spacial score (nSPS) is 29.9. The van der Waals surface area contributed by atoms with E-state index in [1.165, 1.54) is 19.3 Å². The van der Waals surface area contributed by atoms with Crippen molar-refractivity contribution in [2.24, 2.45) is 17.8 Å². The van der Waals surface area contributed by atoms with E-state index < -0.39 is 0 Å². The van der Waals surface area contributed by atoms with Crippen molar-refractivity contribution in [3.05, 3.63) is 28.8 Å². The molecule has 2 unspecified atom stereocenters. The maximum Gasteiger partial charge on any atom is 0.166 e. The molecule has 2 saturated carbocycles. The summed E-state index contributed by atoms with van der Waals surface area (Å²) in [7, 11) is 1.58. The number of hydrogen-bond donors (Lipinski definition) is 0. The fourth-order valence-corrected chi connectivity index (χ4v) is 3.48. The van der Waals surface area contributed by atoms with Gasteiger partial charge in [-0.2, -0.15) is 0 Å². The van der Waals surface area contributed by atoms with E-state index in [1.807, 2.05) is 6.07 Å². The van der Waals surface area contributed by atoms with Crippen molar-refractivity contribution in [3.8, 4) is 5.75 Å². The minimum Gasteiger partial charge on any atom is -0.495 e. The van der Waals surface area contributed by atoms with E-state index in [-0.39, 0.29) is 11.7 Å². The van der Waals surface area contributed by atoms with Gasteiger partial charge in [-0.1, -0.05) is 18.0 Å². The van der Waals surface area contributed by atoms with Crippen molar-refractivity contribution in [2.45, 2.75) is 19.3 Å². The Kier molecular flexibility index (Phi) is 2.62. The Bertz CT molecular complexity index is 459. The molecule has 0 amide bonds. The van der Waals surface area contributed by atoms with Crippen LogP contribution in [0.15, 0.2) is 18.2 Å². The van der Waals surface area contributed by atoms with Crippen LogP contribution in [0.1, 0.15) is 29.6 Å². The number of methoxy groups -OCH3 is 1. The lowest BCUT2D eigenvalue weighted by Gasteiger charge is -2.06. The van der Waals surface area contributed by atoms with Gasteiger partial charge in [-0.3, -0.25) is 4.79 Å². The van der Waals surface area contributed by atoms with Crippen LogP contribution in [0.2, 0.25) is 5.02 Å². The molecule has 0 N–H and O–H groups in total. The zero-order valence-electron chi connectivity index (χ0n) is 9.78. The van der Waals surface area contributed by atoms with Gasteiger partial charge in [-0.15, -0.1) is 0 Å². The Hall–Kier alpha value is -1.02. The largest absolute Gasteiger partial charge is 0.495 e. The summed E-state index contributed by atoms with van der Waals surface area (Å²) < 4.78 is 5.09. The Morgan fingerprint density at radius 1 is 1.35 bits per heavy atom. The van der Waals surface area contributed by atoms with Gasteiger partial charge in [0.2, 0.25) is 0 Å². The average molecular weight is 251 g/mol. The Balaban J connectivity index is 1.80. The molecule has 0 saturated heterocycles. The van der Waals surface area contributed by atoms with E-state index in [1.54, 1.807) is 19.2 Å². The summed E-state index contributed by atoms with van der Waals surface area (Å²) in [6.07, 6.45) is 3.75.